The van der Waals surface area contributed by atoms with E-state index in [9.17, 15) is 0 Å². The van der Waals surface area contributed by atoms with Crippen molar-refractivity contribution in [1.82, 2.24) is 0 Å². The van der Waals surface area contributed by atoms with E-state index in [1.807, 2.05) is 24.3 Å². The number of methoxy groups -OCH3 is 3. The molecule has 8 heteroatoms. The lowest BCUT2D eigenvalue weighted by Gasteiger charge is -2.28. The predicted molar refractivity (Wildman–Crippen MR) is 128 cm³/mol. The summed E-state index contributed by atoms with van der Waals surface area (Å²) in [7, 11) is 5.08. The Bertz CT molecular complexity index is 1380. The number of nitrogens with zero attached hydrogens (tertiary/aromatic N) is 3. The number of ether oxygens (including phenoxy) is 3. The van der Waals surface area contributed by atoms with Gasteiger partial charge in [0, 0.05) is 16.5 Å². The van der Waals surface area contributed by atoms with Gasteiger partial charge in [0.25, 0.3) is 5.17 Å². The molecule has 0 aliphatic carbocycles. The number of aliphatic imine (C=N–C) groups is 1. The number of fused-ring (bicyclic) bond motifs is 6. The van der Waals surface area contributed by atoms with Crippen LogP contribution in [0.5, 0.6) is 17.2 Å². The van der Waals surface area contributed by atoms with Crippen molar-refractivity contribution in [3.8, 4) is 17.2 Å². The van der Waals surface area contributed by atoms with E-state index >= 15 is 0 Å². The van der Waals surface area contributed by atoms with Crippen molar-refractivity contribution in [1.29, 1.82) is 0 Å². The summed E-state index contributed by atoms with van der Waals surface area (Å²) in [5.41, 5.74) is 3.41. The smallest absolute Gasteiger partial charge is 0.388 e. The quantitative estimate of drug-likeness (QED) is 0.381. The van der Waals surface area contributed by atoms with Crippen LogP contribution >= 0.6 is 23.1 Å². The highest BCUT2D eigenvalue weighted by Crippen LogP contribution is 2.49. The molecule has 6 rings (SSSR count). The van der Waals surface area contributed by atoms with E-state index < -0.39 is 0 Å². The molecule has 1 unspecified atom stereocenters. The van der Waals surface area contributed by atoms with Gasteiger partial charge in [-0.3, -0.25) is 4.90 Å². The van der Waals surface area contributed by atoms with Crippen LogP contribution in [-0.2, 0) is 0 Å². The molecule has 2 aliphatic heterocycles. The molecule has 3 aromatic carbocycles. The molecule has 4 aromatic rings. The van der Waals surface area contributed by atoms with E-state index in [2.05, 4.69) is 45.9 Å². The van der Waals surface area contributed by atoms with Gasteiger partial charge >= 0.3 is 5.13 Å². The molecular formula is C24H20N3O3S2+. The van der Waals surface area contributed by atoms with Crippen LogP contribution in [0.2, 0.25) is 0 Å². The van der Waals surface area contributed by atoms with Crippen LogP contribution in [0.1, 0.15) is 11.7 Å². The summed E-state index contributed by atoms with van der Waals surface area (Å²) >= 11 is 3.35. The highest BCUT2D eigenvalue weighted by atomic mass is 32.2. The standard InChI is InChI=1S/C24H20N3O3S2/c1-28-15-6-4-14(5-7-15)22-26-18-10-8-16(29-2)12-20(18)31-23(26)25-24-27(22)19-11-9-17(30-3)13-21(19)32-24/h4-13,22H,1-3H3/q+1. The van der Waals surface area contributed by atoms with Gasteiger partial charge < -0.3 is 14.2 Å². The van der Waals surface area contributed by atoms with Crippen molar-refractivity contribution in [3.63, 3.8) is 0 Å². The lowest BCUT2D eigenvalue weighted by atomic mass is 10.1. The van der Waals surface area contributed by atoms with Gasteiger partial charge in [0.05, 0.1) is 31.7 Å². The average molecular weight is 463 g/mol. The summed E-state index contributed by atoms with van der Waals surface area (Å²) in [5, 5.41) is 1.93. The second kappa shape index (κ2) is 7.43. The second-order valence-corrected chi connectivity index (χ2v) is 9.45. The third kappa shape index (κ3) is 2.87. The Labute approximate surface area is 193 Å². The molecule has 0 fully saturated rings. The van der Waals surface area contributed by atoms with E-state index in [0.29, 0.717) is 0 Å². The van der Waals surface area contributed by atoms with Crippen molar-refractivity contribution >= 4 is 49.3 Å². The lowest BCUT2D eigenvalue weighted by molar-refractivity contribution is -0.671. The van der Waals surface area contributed by atoms with Gasteiger partial charge in [0.2, 0.25) is 6.17 Å². The number of thioether (sulfide) groups is 1. The van der Waals surface area contributed by atoms with E-state index in [0.717, 1.165) is 53.9 Å². The van der Waals surface area contributed by atoms with E-state index in [-0.39, 0.29) is 6.17 Å². The molecule has 6 nitrogen and oxygen atoms in total. The summed E-state index contributed by atoms with van der Waals surface area (Å²) in [6.45, 7) is 0. The van der Waals surface area contributed by atoms with E-state index in [1.54, 1.807) is 44.4 Å². The average Bonchev–Trinajstić information content (AvgIpc) is 3.38. The predicted octanol–water partition coefficient (Wildman–Crippen LogP) is 5.37. The fourth-order valence-corrected chi connectivity index (χ4v) is 6.40. The number of benzene rings is 3. The maximum absolute atomic E-state index is 5.46. The summed E-state index contributed by atoms with van der Waals surface area (Å²) in [6, 6.07) is 20.7. The Morgan fingerprint density at radius 2 is 1.53 bits per heavy atom. The summed E-state index contributed by atoms with van der Waals surface area (Å²) in [4.78, 5) is 8.51. The first-order valence-electron chi connectivity index (χ1n) is 10.1. The molecular weight excluding hydrogens is 442 g/mol. The largest absolute Gasteiger partial charge is 0.497 e. The summed E-state index contributed by atoms with van der Waals surface area (Å²) in [6.07, 6.45) is -0.0762. The molecule has 32 heavy (non-hydrogen) atoms. The highest BCUT2D eigenvalue weighted by molar-refractivity contribution is 8.14. The normalized spacial score (nSPS) is 16.3. The zero-order chi connectivity index (χ0) is 21.8. The molecule has 0 N–H and O–H groups in total. The molecule has 2 aliphatic rings. The molecule has 0 amide bonds. The van der Waals surface area contributed by atoms with Crippen molar-refractivity contribution in [2.24, 2.45) is 4.99 Å². The molecule has 160 valence electrons. The summed E-state index contributed by atoms with van der Waals surface area (Å²) < 4.78 is 19.8. The zero-order valence-electron chi connectivity index (χ0n) is 17.7. The Hall–Kier alpha value is -3.23. The summed E-state index contributed by atoms with van der Waals surface area (Å²) in [5.74, 6) is 2.53. The highest BCUT2D eigenvalue weighted by Gasteiger charge is 2.46. The minimum Gasteiger partial charge on any atom is -0.497 e. The van der Waals surface area contributed by atoms with Crippen LogP contribution in [0.4, 0.5) is 10.8 Å². The minimum atomic E-state index is -0.0762. The fourth-order valence-electron chi connectivity index (χ4n) is 4.20. The van der Waals surface area contributed by atoms with Gasteiger partial charge in [0.1, 0.15) is 22.8 Å². The molecule has 1 aromatic heterocycles. The number of hydrogen-bond acceptors (Lipinski definition) is 7. The Morgan fingerprint density at radius 3 is 2.28 bits per heavy atom. The van der Waals surface area contributed by atoms with Crippen LogP contribution in [0.25, 0.3) is 10.2 Å². The van der Waals surface area contributed by atoms with Crippen molar-refractivity contribution in [2.75, 3.05) is 26.2 Å². The van der Waals surface area contributed by atoms with Crippen LogP contribution in [-0.4, -0.2) is 26.5 Å². The monoisotopic (exact) mass is 462 g/mol. The van der Waals surface area contributed by atoms with Crippen LogP contribution in [0, 0.1) is 0 Å². The third-order valence-electron chi connectivity index (χ3n) is 5.76. The molecule has 0 saturated carbocycles. The molecule has 0 spiro atoms. The topological polar surface area (TPSA) is 47.2 Å². The van der Waals surface area contributed by atoms with Crippen LogP contribution in [0.3, 0.4) is 0 Å². The van der Waals surface area contributed by atoms with E-state index in [1.165, 1.54) is 0 Å². The third-order valence-corrected chi connectivity index (χ3v) is 7.80. The molecule has 0 saturated heterocycles. The number of anilines is 1. The second-order valence-electron chi connectivity index (χ2n) is 7.44. The van der Waals surface area contributed by atoms with Gasteiger partial charge in [-0.1, -0.05) is 0 Å². The van der Waals surface area contributed by atoms with Gasteiger partial charge in [0.15, 0.2) is 0 Å². The lowest BCUT2D eigenvalue weighted by Crippen LogP contribution is -2.53. The number of aromatic nitrogens is 1. The maximum Gasteiger partial charge on any atom is 0.388 e. The first-order valence-corrected chi connectivity index (χ1v) is 11.7. The molecule has 0 radical (unpaired) electrons. The van der Waals surface area contributed by atoms with Crippen LogP contribution in [0.15, 0.2) is 70.6 Å². The van der Waals surface area contributed by atoms with Gasteiger partial charge in [-0.15, -0.1) is 0 Å². The number of thiazole rings is 1. The Morgan fingerprint density at radius 1 is 0.844 bits per heavy atom. The fraction of sp³-hybridized carbons (Fsp3) is 0.167. The zero-order valence-corrected chi connectivity index (χ0v) is 19.4. The number of amidine groups is 1. The SMILES string of the molecule is COc1ccc(C2N3C(=Nc4sc5cc(OC)ccc5[n+]42)Sc2cc(OC)ccc23)cc1. The van der Waals surface area contributed by atoms with Crippen molar-refractivity contribution in [3.05, 3.63) is 66.2 Å². The molecule has 0 bridgehead atoms. The Balaban J connectivity index is 1.59. The van der Waals surface area contributed by atoms with Crippen LogP contribution < -0.4 is 23.7 Å². The van der Waals surface area contributed by atoms with Crippen molar-refractivity contribution < 1.29 is 18.8 Å². The van der Waals surface area contributed by atoms with Crippen molar-refractivity contribution in [2.45, 2.75) is 11.1 Å². The maximum atomic E-state index is 5.46. The van der Waals surface area contributed by atoms with Gasteiger partial charge in [-0.2, -0.15) is 4.57 Å². The minimum absolute atomic E-state index is 0.0762. The molecule has 3 heterocycles. The van der Waals surface area contributed by atoms with E-state index in [4.69, 9.17) is 19.2 Å². The first-order chi connectivity index (χ1) is 15.7. The number of rotatable bonds is 4. The first kappa shape index (κ1) is 19.5. The molecule has 1 atom stereocenters. The van der Waals surface area contributed by atoms with Gasteiger partial charge in [-0.05, 0) is 82.7 Å². The Kier molecular flexibility index (Phi) is 4.51. The van der Waals surface area contributed by atoms with Gasteiger partial charge in [-0.25, -0.2) is 0 Å². The number of hydrogen-bond donors (Lipinski definition) is 0.